The Labute approximate surface area is 142 Å². The highest BCUT2D eigenvalue weighted by Gasteiger charge is 2.30. The van der Waals surface area contributed by atoms with Crippen molar-refractivity contribution in [2.24, 2.45) is 0 Å². The van der Waals surface area contributed by atoms with Gasteiger partial charge in [0.05, 0.1) is 19.3 Å². The number of fused-ring (bicyclic) bond motifs is 1. The summed E-state index contributed by atoms with van der Waals surface area (Å²) in [5, 5.41) is 0. The third kappa shape index (κ3) is 3.46. The molecule has 0 aliphatic carbocycles. The monoisotopic (exact) mass is 330 g/mol. The average Bonchev–Trinajstić information content (AvgIpc) is 2.76. The van der Waals surface area contributed by atoms with Crippen LogP contribution in [0.5, 0.6) is 5.75 Å². The van der Waals surface area contributed by atoms with Gasteiger partial charge in [-0.15, -0.1) is 6.42 Å². The van der Waals surface area contributed by atoms with Crippen LogP contribution in [0, 0.1) is 12.3 Å². The van der Waals surface area contributed by atoms with Gasteiger partial charge in [-0.2, -0.15) is 0 Å². The minimum absolute atomic E-state index is 0.0356. The third-order valence-corrected chi connectivity index (χ3v) is 3.54. The van der Waals surface area contributed by atoms with E-state index in [-0.39, 0.29) is 12.5 Å². The van der Waals surface area contributed by atoms with E-state index in [0.717, 1.165) is 5.56 Å². The van der Waals surface area contributed by atoms with E-state index >= 15 is 0 Å². The fraction of sp³-hybridized carbons (Fsp3) is 0.444. The molecule has 1 heterocycles. The molecular weight excluding hydrogens is 308 g/mol. The maximum absolute atomic E-state index is 12.5. The standard InChI is InChI=1S/C18H22N2O4/c1-7-8-20(17(22)24-18(2,3)4)14-9-12-11-19(5)16(21)13(12)10-15(14)23-6/h1,9-10H,8,11H2,2-6H3. The third-order valence-electron chi connectivity index (χ3n) is 3.54. The Balaban J connectivity index is 2.48. The largest absolute Gasteiger partial charge is 0.495 e. The Hall–Kier alpha value is -2.68. The van der Waals surface area contributed by atoms with Crippen molar-refractivity contribution in [3.8, 4) is 18.1 Å². The van der Waals surface area contributed by atoms with E-state index in [1.165, 1.54) is 12.0 Å². The summed E-state index contributed by atoms with van der Waals surface area (Å²) in [6, 6.07) is 3.40. The van der Waals surface area contributed by atoms with E-state index < -0.39 is 11.7 Å². The fourth-order valence-corrected chi connectivity index (χ4v) is 2.51. The second kappa shape index (κ2) is 6.44. The van der Waals surface area contributed by atoms with E-state index in [9.17, 15) is 9.59 Å². The number of ether oxygens (including phenoxy) is 2. The zero-order valence-electron chi connectivity index (χ0n) is 14.7. The van der Waals surface area contributed by atoms with Gasteiger partial charge in [0.1, 0.15) is 11.4 Å². The summed E-state index contributed by atoms with van der Waals surface area (Å²) in [5.74, 6) is 2.79. The zero-order valence-corrected chi connectivity index (χ0v) is 14.7. The number of hydrogen-bond acceptors (Lipinski definition) is 4. The lowest BCUT2D eigenvalue weighted by atomic mass is 10.1. The highest BCUT2D eigenvalue weighted by molar-refractivity contribution is 6.00. The molecule has 128 valence electrons. The molecule has 2 rings (SSSR count). The summed E-state index contributed by atoms with van der Waals surface area (Å²) in [6.07, 6.45) is 4.86. The molecule has 1 aromatic carbocycles. The lowest BCUT2D eigenvalue weighted by molar-refractivity contribution is 0.0584. The molecule has 0 aromatic heterocycles. The van der Waals surface area contributed by atoms with Crippen molar-refractivity contribution in [2.45, 2.75) is 32.9 Å². The maximum Gasteiger partial charge on any atom is 0.415 e. The van der Waals surface area contributed by atoms with Crippen molar-refractivity contribution in [3.05, 3.63) is 23.3 Å². The Kier molecular flexibility index (Phi) is 4.74. The summed E-state index contributed by atoms with van der Waals surface area (Å²) >= 11 is 0. The Morgan fingerprint density at radius 3 is 2.62 bits per heavy atom. The van der Waals surface area contributed by atoms with Crippen molar-refractivity contribution >= 4 is 17.7 Å². The molecular formula is C18H22N2O4. The van der Waals surface area contributed by atoms with Crippen molar-refractivity contribution in [1.29, 1.82) is 0 Å². The van der Waals surface area contributed by atoms with E-state index in [1.54, 1.807) is 44.9 Å². The molecule has 0 saturated heterocycles. The minimum atomic E-state index is -0.649. The average molecular weight is 330 g/mol. The van der Waals surface area contributed by atoms with Crippen LogP contribution in [0.15, 0.2) is 12.1 Å². The molecule has 0 bridgehead atoms. The quantitative estimate of drug-likeness (QED) is 0.800. The van der Waals surface area contributed by atoms with E-state index in [0.29, 0.717) is 23.5 Å². The number of nitrogens with zero attached hydrogens (tertiary/aromatic N) is 2. The van der Waals surface area contributed by atoms with Gasteiger partial charge < -0.3 is 14.4 Å². The number of methoxy groups -OCH3 is 1. The molecule has 24 heavy (non-hydrogen) atoms. The van der Waals surface area contributed by atoms with Crippen LogP contribution in [0.4, 0.5) is 10.5 Å². The Morgan fingerprint density at radius 1 is 1.42 bits per heavy atom. The summed E-state index contributed by atoms with van der Waals surface area (Å²) < 4.78 is 10.8. The van der Waals surface area contributed by atoms with Crippen molar-refractivity contribution < 1.29 is 19.1 Å². The predicted octanol–water partition coefficient (Wildman–Crippen LogP) is 2.66. The fourth-order valence-electron chi connectivity index (χ4n) is 2.51. The molecule has 0 fully saturated rings. The van der Waals surface area contributed by atoms with Crippen LogP contribution >= 0.6 is 0 Å². The van der Waals surface area contributed by atoms with Gasteiger partial charge in [-0.1, -0.05) is 5.92 Å². The van der Waals surface area contributed by atoms with Gasteiger partial charge in [0.15, 0.2) is 0 Å². The summed E-state index contributed by atoms with van der Waals surface area (Å²) in [6.45, 7) is 5.86. The van der Waals surface area contributed by atoms with Gasteiger partial charge in [0.2, 0.25) is 0 Å². The molecule has 0 radical (unpaired) electrons. The number of carbonyl (C=O) groups is 2. The minimum Gasteiger partial charge on any atom is -0.495 e. The van der Waals surface area contributed by atoms with Crippen LogP contribution in [0.3, 0.4) is 0 Å². The number of carbonyl (C=O) groups excluding carboxylic acids is 2. The molecule has 1 aliphatic rings. The smallest absolute Gasteiger partial charge is 0.415 e. The van der Waals surface area contributed by atoms with Gasteiger partial charge in [0, 0.05) is 19.2 Å². The van der Waals surface area contributed by atoms with Gasteiger partial charge in [-0.3, -0.25) is 9.69 Å². The molecule has 0 N–H and O–H groups in total. The SMILES string of the molecule is C#CCN(C(=O)OC(C)(C)C)c1cc2c(cc1OC)C(=O)N(C)C2. The molecule has 2 amide bonds. The maximum atomic E-state index is 12.5. The van der Waals surface area contributed by atoms with Crippen LogP contribution in [0.2, 0.25) is 0 Å². The zero-order chi connectivity index (χ0) is 18.1. The molecule has 1 aromatic rings. The molecule has 1 aliphatic heterocycles. The van der Waals surface area contributed by atoms with Crippen molar-refractivity contribution in [1.82, 2.24) is 4.90 Å². The van der Waals surface area contributed by atoms with Crippen molar-refractivity contribution in [3.63, 3.8) is 0 Å². The predicted molar refractivity (Wildman–Crippen MR) is 91.2 cm³/mol. The molecule has 0 spiro atoms. The highest BCUT2D eigenvalue weighted by Crippen LogP contribution is 2.36. The molecule has 0 saturated carbocycles. The lowest BCUT2D eigenvalue weighted by Gasteiger charge is -2.27. The number of rotatable bonds is 3. The van der Waals surface area contributed by atoms with Crippen LogP contribution in [-0.2, 0) is 11.3 Å². The number of anilines is 1. The summed E-state index contributed by atoms with van der Waals surface area (Å²) in [7, 11) is 3.21. The first-order chi connectivity index (χ1) is 11.2. The van der Waals surface area contributed by atoms with E-state index in [1.807, 2.05) is 0 Å². The number of hydrogen-bond donors (Lipinski definition) is 0. The van der Waals surface area contributed by atoms with Gasteiger partial charge in [0.25, 0.3) is 5.91 Å². The normalized spacial score (nSPS) is 13.3. The van der Waals surface area contributed by atoms with Crippen LogP contribution in [-0.4, -0.2) is 43.2 Å². The summed E-state index contributed by atoms with van der Waals surface area (Å²) in [4.78, 5) is 27.6. The number of benzene rings is 1. The second-order valence-corrected chi connectivity index (χ2v) is 6.61. The van der Waals surface area contributed by atoms with Crippen LogP contribution in [0.1, 0.15) is 36.7 Å². The van der Waals surface area contributed by atoms with Gasteiger partial charge in [-0.25, -0.2) is 4.79 Å². The number of terminal acetylenes is 1. The van der Waals surface area contributed by atoms with Crippen LogP contribution < -0.4 is 9.64 Å². The summed E-state index contributed by atoms with van der Waals surface area (Å²) in [5.41, 5.74) is 1.24. The molecule has 6 heteroatoms. The lowest BCUT2D eigenvalue weighted by Crippen LogP contribution is -2.37. The topological polar surface area (TPSA) is 59.1 Å². The first-order valence-corrected chi connectivity index (χ1v) is 7.58. The molecule has 6 nitrogen and oxygen atoms in total. The van der Waals surface area contributed by atoms with Crippen molar-refractivity contribution in [2.75, 3.05) is 25.6 Å². The number of amides is 2. The molecule has 0 atom stereocenters. The Bertz CT molecular complexity index is 713. The van der Waals surface area contributed by atoms with E-state index in [4.69, 9.17) is 15.9 Å². The first-order valence-electron chi connectivity index (χ1n) is 7.58. The highest BCUT2D eigenvalue weighted by atomic mass is 16.6. The van der Waals surface area contributed by atoms with E-state index in [2.05, 4.69) is 5.92 Å². The molecule has 0 unspecified atom stereocenters. The second-order valence-electron chi connectivity index (χ2n) is 6.61. The first kappa shape index (κ1) is 17.7. The Morgan fingerprint density at radius 2 is 2.08 bits per heavy atom. The van der Waals surface area contributed by atoms with Gasteiger partial charge in [-0.05, 0) is 38.5 Å². The van der Waals surface area contributed by atoms with Crippen LogP contribution in [0.25, 0.3) is 0 Å². The van der Waals surface area contributed by atoms with Gasteiger partial charge >= 0.3 is 6.09 Å².